The van der Waals surface area contributed by atoms with E-state index in [9.17, 15) is 0 Å². The Morgan fingerprint density at radius 3 is 2.39 bits per heavy atom. The van der Waals surface area contributed by atoms with Gasteiger partial charge in [-0.25, -0.2) is 0 Å². The molecule has 0 atom stereocenters. The molecule has 2 rings (SSSR count). The number of hydrogen-bond donors (Lipinski definition) is 1. The van der Waals surface area contributed by atoms with Crippen LogP contribution in [0.15, 0.2) is 65.1 Å². The normalized spacial score (nSPS) is 10.9. The first-order valence-electron chi connectivity index (χ1n) is 6.01. The van der Waals surface area contributed by atoms with Crippen LogP contribution in [0.4, 0.5) is 0 Å². The zero-order chi connectivity index (χ0) is 12.6. The monoisotopic (exact) mass is 301 g/mol. The third-order valence-corrected chi connectivity index (χ3v) is 3.14. The van der Waals surface area contributed by atoms with Crippen LogP contribution >= 0.6 is 15.9 Å². The molecule has 1 N–H and O–H groups in total. The molecule has 0 saturated heterocycles. The molecule has 2 aromatic carbocycles. The summed E-state index contributed by atoms with van der Waals surface area (Å²) in [6.07, 6.45) is 4.28. The smallest absolute Gasteiger partial charge is 0.0208 e. The lowest BCUT2D eigenvalue weighted by molar-refractivity contribution is 0.761. The van der Waals surface area contributed by atoms with E-state index in [0.29, 0.717) is 0 Å². The molecular formula is C16H16BrN. The van der Waals surface area contributed by atoms with Gasteiger partial charge in [0, 0.05) is 17.6 Å². The number of nitrogens with one attached hydrogen (secondary N) is 1. The van der Waals surface area contributed by atoms with Gasteiger partial charge in [0.25, 0.3) is 0 Å². The highest BCUT2D eigenvalue weighted by Gasteiger charge is 1.91. The van der Waals surface area contributed by atoms with Gasteiger partial charge >= 0.3 is 0 Å². The summed E-state index contributed by atoms with van der Waals surface area (Å²) in [5.41, 5.74) is 2.54. The van der Waals surface area contributed by atoms with E-state index in [2.05, 4.69) is 81.9 Å². The number of hydrogen-bond acceptors (Lipinski definition) is 1. The molecule has 0 bridgehead atoms. The van der Waals surface area contributed by atoms with Crippen molar-refractivity contribution >= 4 is 22.0 Å². The van der Waals surface area contributed by atoms with E-state index in [1.165, 1.54) is 11.1 Å². The molecule has 0 aliphatic carbocycles. The molecule has 1 nitrogen and oxygen atoms in total. The van der Waals surface area contributed by atoms with Crippen molar-refractivity contribution in [1.82, 2.24) is 5.32 Å². The van der Waals surface area contributed by atoms with Crippen molar-refractivity contribution in [3.05, 3.63) is 76.3 Å². The van der Waals surface area contributed by atoms with Crippen molar-refractivity contribution in [3.63, 3.8) is 0 Å². The van der Waals surface area contributed by atoms with Gasteiger partial charge in [-0.2, -0.15) is 0 Å². The fourth-order valence-corrected chi connectivity index (χ4v) is 1.93. The molecule has 0 aliphatic heterocycles. The van der Waals surface area contributed by atoms with E-state index in [0.717, 1.165) is 17.6 Å². The molecule has 0 aromatic heterocycles. The first-order chi connectivity index (χ1) is 8.84. The molecule has 0 radical (unpaired) electrons. The van der Waals surface area contributed by atoms with Crippen molar-refractivity contribution < 1.29 is 0 Å². The van der Waals surface area contributed by atoms with Gasteiger partial charge in [-0.3, -0.25) is 0 Å². The van der Waals surface area contributed by atoms with Crippen LogP contribution in [-0.4, -0.2) is 6.54 Å². The quantitative estimate of drug-likeness (QED) is 0.814. The minimum atomic E-state index is 0.880. The largest absolute Gasteiger partial charge is 0.309 e. The van der Waals surface area contributed by atoms with Crippen molar-refractivity contribution in [2.24, 2.45) is 0 Å². The summed E-state index contributed by atoms with van der Waals surface area (Å²) in [5, 5.41) is 3.39. The van der Waals surface area contributed by atoms with Crippen LogP contribution in [0, 0.1) is 0 Å². The van der Waals surface area contributed by atoms with E-state index in [-0.39, 0.29) is 0 Å². The Labute approximate surface area is 117 Å². The first-order valence-corrected chi connectivity index (χ1v) is 6.80. The maximum atomic E-state index is 3.43. The van der Waals surface area contributed by atoms with Crippen LogP contribution in [-0.2, 0) is 6.54 Å². The van der Waals surface area contributed by atoms with Gasteiger partial charge in [0.05, 0.1) is 0 Å². The summed E-state index contributed by atoms with van der Waals surface area (Å²) in [7, 11) is 0. The van der Waals surface area contributed by atoms with Crippen LogP contribution in [0.1, 0.15) is 11.1 Å². The summed E-state index contributed by atoms with van der Waals surface area (Å²) < 4.78 is 1.12. The maximum absolute atomic E-state index is 3.43. The lowest BCUT2D eigenvalue weighted by Gasteiger charge is -2.02. The molecule has 2 heteroatoms. The van der Waals surface area contributed by atoms with E-state index >= 15 is 0 Å². The van der Waals surface area contributed by atoms with Crippen molar-refractivity contribution in [1.29, 1.82) is 0 Å². The van der Waals surface area contributed by atoms with Crippen molar-refractivity contribution in [3.8, 4) is 0 Å². The molecule has 0 fully saturated rings. The lowest BCUT2D eigenvalue weighted by Crippen LogP contribution is -2.12. The molecular weight excluding hydrogens is 286 g/mol. The molecule has 0 spiro atoms. The van der Waals surface area contributed by atoms with Crippen LogP contribution < -0.4 is 5.32 Å². The van der Waals surface area contributed by atoms with E-state index in [1.807, 2.05) is 6.07 Å². The number of halogens is 1. The second-order valence-corrected chi connectivity index (χ2v) is 4.99. The van der Waals surface area contributed by atoms with Gasteiger partial charge < -0.3 is 5.32 Å². The maximum Gasteiger partial charge on any atom is 0.0208 e. The SMILES string of the molecule is Brc1ccc(CNCC=Cc2ccccc2)cc1. The Kier molecular flexibility index (Phi) is 5.18. The molecule has 0 aliphatic rings. The third kappa shape index (κ3) is 4.47. The van der Waals surface area contributed by atoms with Gasteiger partial charge in [0.1, 0.15) is 0 Å². The van der Waals surface area contributed by atoms with Gasteiger partial charge in [-0.05, 0) is 23.3 Å². The fraction of sp³-hybridized carbons (Fsp3) is 0.125. The molecule has 0 heterocycles. The number of benzene rings is 2. The van der Waals surface area contributed by atoms with E-state index < -0.39 is 0 Å². The topological polar surface area (TPSA) is 12.0 Å². The summed E-state index contributed by atoms with van der Waals surface area (Å²) in [6, 6.07) is 18.7. The molecule has 92 valence electrons. The predicted octanol–water partition coefficient (Wildman–Crippen LogP) is 4.25. The van der Waals surface area contributed by atoms with Crippen LogP contribution in [0.5, 0.6) is 0 Å². The molecule has 0 saturated carbocycles. The van der Waals surface area contributed by atoms with E-state index in [4.69, 9.17) is 0 Å². The Balaban J connectivity index is 1.73. The summed E-state index contributed by atoms with van der Waals surface area (Å²) in [4.78, 5) is 0. The second kappa shape index (κ2) is 7.14. The highest BCUT2D eigenvalue weighted by molar-refractivity contribution is 9.10. The zero-order valence-electron chi connectivity index (χ0n) is 10.1. The van der Waals surface area contributed by atoms with Crippen LogP contribution in [0.3, 0.4) is 0 Å². The standard InChI is InChI=1S/C16H16BrN/c17-16-10-8-15(9-11-16)13-18-12-4-7-14-5-2-1-3-6-14/h1-11,18H,12-13H2. The highest BCUT2D eigenvalue weighted by atomic mass is 79.9. The Morgan fingerprint density at radius 1 is 0.944 bits per heavy atom. The van der Waals surface area contributed by atoms with Gasteiger partial charge in [-0.1, -0.05) is 70.5 Å². The highest BCUT2D eigenvalue weighted by Crippen LogP contribution is 2.10. The van der Waals surface area contributed by atoms with Gasteiger partial charge in [-0.15, -0.1) is 0 Å². The number of rotatable bonds is 5. The Morgan fingerprint density at radius 2 is 1.67 bits per heavy atom. The summed E-state index contributed by atoms with van der Waals surface area (Å²) >= 11 is 3.43. The van der Waals surface area contributed by atoms with Crippen molar-refractivity contribution in [2.45, 2.75) is 6.54 Å². The Bertz CT molecular complexity index is 488. The summed E-state index contributed by atoms with van der Waals surface area (Å²) in [5.74, 6) is 0. The third-order valence-electron chi connectivity index (χ3n) is 2.61. The molecule has 18 heavy (non-hydrogen) atoms. The van der Waals surface area contributed by atoms with Gasteiger partial charge in [0.2, 0.25) is 0 Å². The minimum Gasteiger partial charge on any atom is -0.309 e. The van der Waals surface area contributed by atoms with Crippen LogP contribution in [0.25, 0.3) is 6.08 Å². The molecule has 0 unspecified atom stereocenters. The second-order valence-electron chi connectivity index (χ2n) is 4.07. The Hall–Kier alpha value is -1.38. The average molecular weight is 302 g/mol. The lowest BCUT2D eigenvalue weighted by atomic mass is 10.2. The molecule has 0 amide bonds. The van der Waals surface area contributed by atoms with E-state index in [1.54, 1.807) is 0 Å². The molecule has 2 aromatic rings. The minimum absolute atomic E-state index is 0.880. The zero-order valence-corrected chi connectivity index (χ0v) is 11.7. The van der Waals surface area contributed by atoms with Crippen molar-refractivity contribution in [2.75, 3.05) is 6.54 Å². The predicted molar refractivity (Wildman–Crippen MR) is 81.3 cm³/mol. The fourth-order valence-electron chi connectivity index (χ4n) is 1.66. The van der Waals surface area contributed by atoms with Gasteiger partial charge in [0.15, 0.2) is 0 Å². The first kappa shape index (κ1) is 13.1. The summed E-state index contributed by atoms with van der Waals surface area (Å²) in [6.45, 7) is 1.78. The average Bonchev–Trinajstić information content (AvgIpc) is 2.42. The van der Waals surface area contributed by atoms with Crippen LogP contribution in [0.2, 0.25) is 0 Å².